The Kier molecular flexibility index (Phi) is 4.53. The topological polar surface area (TPSA) is 61.7 Å². The molecular formula is C8H17NO3. The first kappa shape index (κ1) is 9.92. The molecule has 0 aliphatic carbocycles. The third-order valence-electron chi connectivity index (χ3n) is 1.96. The van der Waals surface area contributed by atoms with Crippen molar-refractivity contribution in [3.8, 4) is 0 Å². The van der Waals surface area contributed by atoms with Crippen LogP contribution in [0.1, 0.15) is 12.8 Å². The predicted molar refractivity (Wildman–Crippen MR) is 44.9 cm³/mol. The summed E-state index contributed by atoms with van der Waals surface area (Å²) in [5.74, 6) is 0. The van der Waals surface area contributed by atoms with E-state index in [1.165, 1.54) is 0 Å². The minimum atomic E-state index is -0.212. The van der Waals surface area contributed by atoms with Gasteiger partial charge in [0.15, 0.2) is 0 Å². The molecule has 0 unspecified atom stereocenters. The Morgan fingerprint density at radius 1 is 1.50 bits per heavy atom. The van der Waals surface area contributed by atoms with Gasteiger partial charge in [-0.15, -0.1) is 0 Å². The van der Waals surface area contributed by atoms with Crippen LogP contribution in [-0.4, -0.2) is 48.7 Å². The molecule has 1 aliphatic heterocycles. The highest BCUT2D eigenvalue weighted by Gasteiger charge is 2.21. The van der Waals surface area contributed by atoms with Crippen LogP contribution in [0.15, 0.2) is 0 Å². The number of rotatable bonds is 5. The van der Waals surface area contributed by atoms with Gasteiger partial charge in [0.25, 0.3) is 0 Å². The molecule has 0 amide bonds. The standard InChI is InChI=1S/C8H17NO3/c10-2-1-3-12-6-7-4-8(11)5-9-7/h7-11H,1-6H2/t7-,8+/m0/s1. The van der Waals surface area contributed by atoms with Crippen LogP contribution in [0, 0.1) is 0 Å². The number of hydrogen-bond donors (Lipinski definition) is 3. The van der Waals surface area contributed by atoms with E-state index in [1.807, 2.05) is 0 Å². The Bertz CT molecular complexity index is 121. The van der Waals surface area contributed by atoms with E-state index in [1.54, 1.807) is 0 Å². The molecule has 4 heteroatoms. The monoisotopic (exact) mass is 175 g/mol. The SMILES string of the molecule is OCCCOC[C@@H]1C[C@@H](O)CN1. The fourth-order valence-electron chi connectivity index (χ4n) is 1.32. The summed E-state index contributed by atoms with van der Waals surface area (Å²) in [4.78, 5) is 0. The second kappa shape index (κ2) is 5.48. The van der Waals surface area contributed by atoms with Crippen LogP contribution in [0.25, 0.3) is 0 Å². The maximum absolute atomic E-state index is 9.14. The van der Waals surface area contributed by atoms with Gasteiger partial charge in [0, 0.05) is 25.8 Å². The average Bonchev–Trinajstić information content (AvgIpc) is 2.45. The lowest BCUT2D eigenvalue weighted by molar-refractivity contribution is 0.0970. The molecule has 4 nitrogen and oxygen atoms in total. The molecular weight excluding hydrogens is 158 g/mol. The molecule has 0 saturated carbocycles. The lowest BCUT2D eigenvalue weighted by atomic mass is 10.2. The van der Waals surface area contributed by atoms with Crippen molar-refractivity contribution in [1.29, 1.82) is 0 Å². The van der Waals surface area contributed by atoms with Crippen molar-refractivity contribution in [2.75, 3.05) is 26.4 Å². The fraction of sp³-hybridized carbons (Fsp3) is 1.00. The molecule has 0 aromatic heterocycles. The first-order valence-corrected chi connectivity index (χ1v) is 4.43. The van der Waals surface area contributed by atoms with Gasteiger partial charge in [-0.2, -0.15) is 0 Å². The van der Waals surface area contributed by atoms with Gasteiger partial charge < -0.3 is 20.3 Å². The van der Waals surface area contributed by atoms with Gasteiger partial charge in [0.05, 0.1) is 12.7 Å². The van der Waals surface area contributed by atoms with E-state index in [-0.39, 0.29) is 12.7 Å². The molecule has 72 valence electrons. The first-order chi connectivity index (χ1) is 5.83. The zero-order valence-electron chi connectivity index (χ0n) is 7.20. The Hall–Kier alpha value is -0.160. The maximum Gasteiger partial charge on any atom is 0.0680 e. The van der Waals surface area contributed by atoms with Gasteiger partial charge in [-0.1, -0.05) is 0 Å². The van der Waals surface area contributed by atoms with Crippen LogP contribution in [0.4, 0.5) is 0 Å². The third-order valence-corrected chi connectivity index (χ3v) is 1.96. The Labute approximate surface area is 72.5 Å². The molecule has 0 spiro atoms. The summed E-state index contributed by atoms with van der Waals surface area (Å²) >= 11 is 0. The van der Waals surface area contributed by atoms with Crippen LogP contribution in [0.2, 0.25) is 0 Å². The summed E-state index contributed by atoms with van der Waals surface area (Å²) in [5.41, 5.74) is 0. The van der Waals surface area contributed by atoms with E-state index in [9.17, 15) is 0 Å². The Balaban J connectivity index is 1.93. The maximum atomic E-state index is 9.14. The van der Waals surface area contributed by atoms with E-state index >= 15 is 0 Å². The summed E-state index contributed by atoms with van der Waals surface area (Å²) < 4.78 is 5.27. The smallest absolute Gasteiger partial charge is 0.0680 e. The van der Waals surface area contributed by atoms with Gasteiger partial charge in [-0.3, -0.25) is 0 Å². The average molecular weight is 175 g/mol. The fourth-order valence-corrected chi connectivity index (χ4v) is 1.32. The van der Waals surface area contributed by atoms with E-state index in [4.69, 9.17) is 14.9 Å². The molecule has 0 aromatic carbocycles. The van der Waals surface area contributed by atoms with E-state index in [2.05, 4.69) is 5.32 Å². The summed E-state index contributed by atoms with van der Waals surface area (Å²) in [6, 6.07) is 0.290. The van der Waals surface area contributed by atoms with Crippen molar-refractivity contribution in [3.05, 3.63) is 0 Å². The van der Waals surface area contributed by atoms with Crippen LogP contribution in [0.5, 0.6) is 0 Å². The van der Waals surface area contributed by atoms with E-state index in [0.717, 1.165) is 6.42 Å². The minimum absolute atomic E-state index is 0.181. The lowest BCUT2D eigenvalue weighted by Gasteiger charge is -2.09. The summed E-state index contributed by atoms with van der Waals surface area (Å²) in [5, 5.41) is 20.8. The second-order valence-corrected chi connectivity index (χ2v) is 3.15. The van der Waals surface area contributed by atoms with Crippen LogP contribution < -0.4 is 5.32 Å². The number of aliphatic hydroxyl groups excluding tert-OH is 2. The molecule has 1 fully saturated rings. The molecule has 12 heavy (non-hydrogen) atoms. The molecule has 1 saturated heterocycles. The molecule has 3 N–H and O–H groups in total. The quantitative estimate of drug-likeness (QED) is 0.474. The summed E-state index contributed by atoms with van der Waals surface area (Å²) in [6.07, 6.45) is 1.26. The molecule has 1 heterocycles. The number of ether oxygens (including phenoxy) is 1. The summed E-state index contributed by atoms with van der Waals surface area (Å²) in [7, 11) is 0. The first-order valence-electron chi connectivity index (χ1n) is 4.43. The van der Waals surface area contributed by atoms with Gasteiger partial charge in [0.1, 0.15) is 0 Å². The Morgan fingerprint density at radius 2 is 2.33 bits per heavy atom. The van der Waals surface area contributed by atoms with Crippen LogP contribution >= 0.6 is 0 Å². The highest BCUT2D eigenvalue weighted by atomic mass is 16.5. The van der Waals surface area contributed by atoms with Gasteiger partial charge in [0.2, 0.25) is 0 Å². The van der Waals surface area contributed by atoms with E-state index < -0.39 is 0 Å². The highest BCUT2D eigenvalue weighted by Crippen LogP contribution is 2.06. The van der Waals surface area contributed by atoms with Crippen molar-refractivity contribution in [2.24, 2.45) is 0 Å². The van der Waals surface area contributed by atoms with Crippen molar-refractivity contribution in [2.45, 2.75) is 25.0 Å². The number of hydrogen-bond acceptors (Lipinski definition) is 4. The zero-order valence-corrected chi connectivity index (χ0v) is 7.20. The van der Waals surface area contributed by atoms with Gasteiger partial charge in [-0.05, 0) is 12.8 Å². The second-order valence-electron chi connectivity index (χ2n) is 3.15. The van der Waals surface area contributed by atoms with E-state index in [0.29, 0.717) is 32.2 Å². The lowest BCUT2D eigenvalue weighted by Crippen LogP contribution is -2.27. The van der Waals surface area contributed by atoms with Crippen LogP contribution in [0.3, 0.4) is 0 Å². The largest absolute Gasteiger partial charge is 0.396 e. The third kappa shape index (κ3) is 3.49. The van der Waals surface area contributed by atoms with Crippen molar-refractivity contribution in [1.82, 2.24) is 5.32 Å². The minimum Gasteiger partial charge on any atom is -0.396 e. The van der Waals surface area contributed by atoms with Crippen molar-refractivity contribution in [3.63, 3.8) is 0 Å². The molecule has 1 rings (SSSR count). The number of nitrogens with one attached hydrogen (secondary N) is 1. The zero-order chi connectivity index (χ0) is 8.81. The van der Waals surface area contributed by atoms with Gasteiger partial charge >= 0.3 is 0 Å². The van der Waals surface area contributed by atoms with Crippen LogP contribution in [-0.2, 0) is 4.74 Å². The van der Waals surface area contributed by atoms with Crippen molar-refractivity contribution >= 4 is 0 Å². The van der Waals surface area contributed by atoms with Gasteiger partial charge in [-0.25, -0.2) is 0 Å². The predicted octanol–water partition coefficient (Wildman–Crippen LogP) is -0.892. The molecule has 0 aromatic rings. The number of β-amino-alcohol motifs (C(OH)–C–C–N with tert-alkyl or cyclic N) is 1. The molecule has 2 atom stereocenters. The highest BCUT2D eigenvalue weighted by molar-refractivity contribution is 4.80. The molecule has 0 radical (unpaired) electrons. The molecule has 1 aliphatic rings. The molecule has 0 bridgehead atoms. The van der Waals surface area contributed by atoms with Crippen molar-refractivity contribution < 1.29 is 14.9 Å². The summed E-state index contributed by atoms with van der Waals surface area (Å²) in [6.45, 7) is 2.09. The number of aliphatic hydroxyl groups is 2. The normalized spacial score (nSPS) is 29.5. The Morgan fingerprint density at radius 3 is 2.92 bits per heavy atom.